The third kappa shape index (κ3) is 3.03. The molecule has 21 heavy (non-hydrogen) atoms. The molecule has 6 nitrogen and oxygen atoms in total. The van der Waals surface area contributed by atoms with E-state index in [4.69, 9.17) is 9.15 Å². The summed E-state index contributed by atoms with van der Waals surface area (Å²) in [7, 11) is 0. The molecule has 0 unspecified atom stereocenters. The summed E-state index contributed by atoms with van der Waals surface area (Å²) in [5.74, 6) is -0.670. The minimum Gasteiger partial charge on any atom is -0.388 e. The molecule has 0 spiro atoms. The fraction of sp³-hybridized carbons (Fsp3) is 0.429. The lowest BCUT2D eigenvalue weighted by atomic mass is 10.2. The largest absolute Gasteiger partial charge is 0.438 e. The number of nitrogens with zero attached hydrogens (tertiary/aromatic N) is 3. The molecule has 1 fully saturated rings. The van der Waals surface area contributed by atoms with Gasteiger partial charge in [0.05, 0.1) is 13.2 Å². The van der Waals surface area contributed by atoms with Crippen LogP contribution in [0.5, 0.6) is 0 Å². The van der Waals surface area contributed by atoms with E-state index >= 15 is 0 Å². The molecule has 0 saturated carbocycles. The van der Waals surface area contributed by atoms with E-state index in [1.165, 1.54) is 28.9 Å². The monoisotopic (exact) mass is 293 g/mol. The molecule has 2 heterocycles. The van der Waals surface area contributed by atoms with Crippen molar-refractivity contribution in [3.05, 3.63) is 40.6 Å². The number of morpholine rings is 1. The highest BCUT2D eigenvalue weighted by molar-refractivity contribution is 5.51. The van der Waals surface area contributed by atoms with Crippen molar-refractivity contribution >= 4 is 0 Å². The van der Waals surface area contributed by atoms with Gasteiger partial charge in [0, 0.05) is 18.2 Å². The first-order valence-electron chi connectivity index (χ1n) is 6.79. The van der Waals surface area contributed by atoms with Crippen LogP contribution in [0.15, 0.2) is 33.5 Å². The molecule has 0 radical (unpaired) electrons. The SMILES string of the molecule is C[C@@H]1COCCN1Cn1nc(-c2ccc(F)cc2)oc1=O. The van der Waals surface area contributed by atoms with Crippen LogP contribution in [0.4, 0.5) is 4.39 Å². The lowest BCUT2D eigenvalue weighted by Gasteiger charge is -2.32. The third-order valence-corrected chi connectivity index (χ3v) is 3.52. The average Bonchev–Trinajstić information content (AvgIpc) is 2.83. The highest BCUT2D eigenvalue weighted by Crippen LogP contribution is 2.16. The predicted molar refractivity (Wildman–Crippen MR) is 73.1 cm³/mol. The van der Waals surface area contributed by atoms with Crippen molar-refractivity contribution in [2.75, 3.05) is 19.8 Å². The van der Waals surface area contributed by atoms with Crippen molar-refractivity contribution in [2.45, 2.75) is 19.6 Å². The van der Waals surface area contributed by atoms with Crippen LogP contribution in [0.1, 0.15) is 6.92 Å². The molecule has 1 aliphatic heterocycles. The van der Waals surface area contributed by atoms with Crippen LogP contribution in [0.2, 0.25) is 0 Å². The lowest BCUT2D eigenvalue weighted by Crippen LogP contribution is -2.45. The van der Waals surface area contributed by atoms with Gasteiger partial charge in [0.15, 0.2) is 0 Å². The van der Waals surface area contributed by atoms with Crippen molar-refractivity contribution in [1.29, 1.82) is 0 Å². The standard InChI is InChI=1S/C14H16FN3O3/c1-10-8-20-7-6-17(10)9-18-14(19)21-13(16-18)11-2-4-12(15)5-3-11/h2-5,10H,6-9H2,1H3/t10-/m1/s1. The number of rotatable bonds is 3. The van der Waals surface area contributed by atoms with Crippen molar-refractivity contribution in [3.8, 4) is 11.5 Å². The molecule has 2 aromatic rings. The predicted octanol–water partition coefficient (Wildman–Crippen LogP) is 1.32. The maximum Gasteiger partial charge on any atom is 0.438 e. The van der Waals surface area contributed by atoms with Gasteiger partial charge in [-0.15, -0.1) is 5.10 Å². The third-order valence-electron chi connectivity index (χ3n) is 3.52. The van der Waals surface area contributed by atoms with Gasteiger partial charge >= 0.3 is 5.76 Å². The maximum atomic E-state index is 12.9. The topological polar surface area (TPSA) is 60.5 Å². The zero-order valence-electron chi connectivity index (χ0n) is 11.7. The molecule has 1 saturated heterocycles. The molecular formula is C14H16FN3O3. The second-order valence-corrected chi connectivity index (χ2v) is 5.06. The molecule has 1 atom stereocenters. The summed E-state index contributed by atoms with van der Waals surface area (Å²) >= 11 is 0. The van der Waals surface area contributed by atoms with Crippen LogP contribution in [-0.2, 0) is 11.4 Å². The molecule has 112 valence electrons. The van der Waals surface area contributed by atoms with Crippen molar-refractivity contribution in [2.24, 2.45) is 0 Å². The molecule has 1 aliphatic rings. The van der Waals surface area contributed by atoms with Gasteiger partial charge in [-0.2, -0.15) is 4.68 Å². The van der Waals surface area contributed by atoms with Crippen LogP contribution in [-0.4, -0.2) is 40.5 Å². The van der Waals surface area contributed by atoms with E-state index in [1.807, 2.05) is 6.92 Å². The summed E-state index contributed by atoms with van der Waals surface area (Å²) in [5, 5.41) is 4.17. The fourth-order valence-corrected chi connectivity index (χ4v) is 2.25. The van der Waals surface area contributed by atoms with E-state index in [2.05, 4.69) is 10.00 Å². The van der Waals surface area contributed by atoms with Crippen LogP contribution in [0, 0.1) is 5.82 Å². The Morgan fingerprint density at radius 2 is 2.14 bits per heavy atom. The Balaban J connectivity index is 1.81. The van der Waals surface area contributed by atoms with Gasteiger partial charge in [0.2, 0.25) is 5.89 Å². The summed E-state index contributed by atoms with van der Waals surface area (Å²) < 4.78 is 24.7. The quantitative estimate of drug-likeness (QED) is 0.854. The van der Waals surface area contributed by atoms with Crippen LogP contribution in [0.25, 0.3) is 11.5 Å². The Morgan fingerprint density at radius 1 is 1.38 bits per heavy atom. The second kappa shape index (κ2) is 5.79. The minimum absolute atomic E-state index is 0.195. The zero-order valence-corrected chi connectivity index (χ0v) is 11.7. The first-order chi connectivity index (χ1) is 10.1. The summed E-state index contributed by atoms with van der Waals surface area (Å²) in [6.45, 7) is 4.41. The van der Waals surface area contributed by atoms with Gasteiger partial charge in [-0.3, -0.25) is 4.90 Å². The van der Waals surface area contributed by atoms with Crippen LogP contribution < -0.4 is 5.76 Å². The molecule has 1 aromatic carbocycles. The normalized spacial score (nSPS) is 19.8. The van der Waals surface area contributed by atoms with Crippen molar-refractivity contribution in [1.82, 2.24) is 14.7 Å². The van der Waals surface area contributed by atoms with E-state index in [0.29, 0.717) is 25.4 Å². The summed E-state index contributed by atoms with van der Waals surface area (Å²) in [5.41, 5.74) is 0.572. The average molecular weight is 293 g/mol. The smallest absolute Gasteiger partial charge is 0.388 e. The Labute approximate surface area is 120 Å². The highest BCUT2D eigenvalue weighted by atomic mass is 19.1. The summed E-state index contributed by atoms with van der Waals surface area (Å²) in [4.78, 5) is 14.0. The molecule has 0 amide bonds. The number of hydrogen-bond donors (Lipinski definition) is 0. The Kier molecular flexibility index (Phi) is 3.85. The molecule has 0 N–H and O–H groups in total. The van der Waals surface area contributed by atoms with Crippen LogP contribution >= 0.6 is 0 Å². The first kappa shape index (κ1) is 14.0. The number of halogens is 1. The molecule has 0 bridgehead atoms. The number of benzene rings is 1. The second-order valence-electron chi connectivity index (χ2n) is 5.06. The Bertz CT molecular complexity index is 665. The van der Waals surface area contributed by atoms with E-state index in [1.54, 1.807) is 0 Å². The number of aromatic nitrogens is 2. The Hall–Kier alpha value is -1.99. The maximum absolute atomic E-state index is 12.9. The van der Waals surface area contributed by atoms with Gasteiger partial charge in [0.1, 0.15) is 12.5 Å². The van der Waals surface area contributed by atoms with Crippen LogP contribution in [0.3, 0.4) is 0 Å². The van der Waals surface area contributed by atoms with E-state index in [9.17, 15) is 9.18 Å². The molecular weight excluding hydrogens is 277 g/mol. The van der Waals surface area contributed by atoms with E-state index < -0.39 is 5.76 Å². The fourth-order valence-electron chi connectivity index (χ4n) is 2.25. The molecule has 7 heteroatoms. The van der Waals surface area contributed by atoms with E-state index in [-0.39, 0.29) is 17.7 Å². The Morgan fingerprint density at radius 3 is 2.86 bits per heavy atom. The van der Waals surface area contributed by atoms with Gasteiger partial charge in [-0.05, 0) is 31.2 Å². The highest BCUT2D eigenvalue weighted by Gasteiger charge is 2.21. The number of ether oxygens (including phenoxy) is 1. The number of hydrogen-bond acceptors (Lipinski definition) is 5. The van der Waals surface area contributed by atoms with Gasteiger partial charge in [-0.25, -0.2) is 9.18 Å². The summed E-state index contributed by atoms with van der Waals surface area (Å²) in [6.07, 6.45) is 0. The molecule has 0 aliphatic carbocycles. The van der Waals surface area contributed by atoms with Gasteiger partial charge in [0.25, 0.3) is 0 Å². The van der Waals surface area contributed by atoms with E-state index in [0.717, 1.165) is 6.54 Å². The van der Waals surface area contributed by atoms with Crippen molar-refractivity contribution < 1.29 is 13.5 Å². The van der Waals surface area contributed by atoms with Gasteiger partial charge < -0.3 is 9.15 Å². The van der Waals surface area contributed by atoms with Crippen molar-refractivity contribution in [3.63, 3.8) is 0 Å². The molecule has 1 aromatic heterocycles. The lowest BCUT2D eigenvalue weighted by molar-refractivity contribution is -0.0182. The summed E-state index contributed by atoms with van der Waals surface area (Å²) in [6, 6.07) is 5.89. The zero-order chi connectivity index (χ0) is 14.8. The molecule has 3 rings (SSSR count). The minimum atomic E-state index is -0.520. The van der Waals surface area contributed by atoms with Gasteiger partial charge in [-0.1, -0.05) is 0 Å². The first-order valence-corrected chi connectivity index (χ1v) is 6.79.